The van der Waals surface area contributed by atoms with E-state index >= 15 is 0 Å². The van der Waals surface area contributed by atoms with Crippen LogP contribution in [-0.4, -0.2) is 53.5 Å². The minimum atomic E-state index is -0.921. The van der Waals surface area contributed by atoms with E-state index in [2.05, 4.69) is 4.74 Å². The van der Waals surface area contributed by atoms with Crippen LogP contribution in [0.1, 0.15) is 46.5 Å². The third-order valence-electron chi connectivity index (χ3n) is 3.22. The Balaban J connectivity index is 2.70. The molecule has 116 valence electrons. The third kappa shape index (κ3) is 5.00. The number of methoxy groups -OCH3 is 1. The number of hydrogen-bond donors (Lipinski definition) is 1. The summed E-state index contributed by atoms with van der Waals surface area (Å²) >= 11 is 0. The number of esters is 1. The van der Waals surface area contributed by atoms with Crippen molar-refractivity contribution < 1.29 is 24.2 Å². The van der Waals surface area contributed by atoms with Gasteiger partial charge in [0.05, 0.1) is 25.7 Å². The fourth-order valence-electron chi connectivity index (χ4n) is 2.29. The fourth-order valence-corrected chi connectivity index (χ4v) is 2.29. The summed E-state index contributed by atoms with van der Waals surface area (Å²) in [5.41, 5.74) is -0.577. The van der Waals surface area contributed by atoms with Gasteiger partial charge in [-0.2, -0.15) is 0 Å². The van der Waals surface area contributed by atoms with Crippen LogP contribution in [0, 0.1) is 0 Å². The van der Waals surface area contributed by atoms with Crippen molar-refractivity contribution in [3.05, 3.63) is 0 Å². The number of amides is 1. The highest BCUT2D eigenvalue weighted by Gasteiger charge is 2.35. The van der Waals surface area contributed by atoms with Crippen molar-refractivity contribution in [2.75, 3.05) is 13.7 Å². The molecule has 0 aliphatic carbocycles. The van der Waals surface area contributed by atoms with Gasteiger partial charge in [-0.3, -0.25) is 4.79 Å². The van der Waals surface area contributed by atoms with E-state index in [0.29, 0.717) is 13.0 Å². The number of ether oxygens (including phenoxy) is 2. The van der Waals surface area contributed by atoms with Crippen molar-refractivity contribution in [2.45, 2.75) is 64.2 Å². The van der Waals surface area contributed by atoms with Gasteiger partial charge in [0.15, 0.2) is 0 Å². The van der Waals surface area contributed by atoms with Crippen LogP contribution in [0.2, 0.25) is 0 Å². The molecule has 1 fully saturated rings. The van der Waals surface area contributed by atoms with Gasteiger partial charge in [-0.05, 0) is 40.0 Å². The Morgan fingerprint density at radius 1 is 1.35 bits per heavy atom. The Bertz CT molecular complexity index is 350. The molecule has 1 N–H and O–H groups in total. The maximum atomic E-state index is 12.2. The summed E-state index contributed by atoms with van der Waals surface area (Å²) in [4.78, 5) is 24.9. The summed E-state index contributed by atoms with van der Waals surface area (Å²) in [6.07, 6.45) is 0.988. The van der Waals surface area contributed by atoms with E-state index in [-0.39, 0.29) is 6.42 Å². The predicted molar refractivity (Wildman–Crippen MR) is 73.2 cm³/mol. The highest BCUT2D eigenvalue weighted by Crippen LogP contribution is 2.24. The SMILES string of the molecule is COC(=O)C[C@H](O)[C@H]1CCCCN1C(=O)OC(C)(C)C. The van der Waals surface area contributed by atoms with E-state index in [1.54, 1.807) is 20.8 Å². The zero-order valence-electron chi connectivity index (χ0n) is 12.7. The highest BCUT2D eigenvalue weighted by atomic mass is 16.6. The third-order valence-corrected chi connectivity index (χ3v) is 3.22. The lowest BCUT2D eigenvalue weighted by atomic mass is 9.96. The van der Waals surface area contributed by atoms with Gasteiger partial charge in [-0.15, -0.1) is 0 Å². The zero-order chi connectivity index (χ0) is 15.3. The number of aliphatic hydroxyl groups is 1. The Kier molecular flexibility index (Phi) is 5.80. The number of piperidine rings is 1. The van der Waals surface area contributed by atoms with Crippen molar-refractivity contribution in [1.82, 2.24) is 4.90 Å². The molecule has 6 nitrogen and oxygen atoms in total. The number of likely N-dealkylation sites (tertiary alicyclic amines) is 1. The molecule has 0 spiro atoms. The average molecular weight is 287 g/mol. The van der Waals surface area contributed by atoms with Crippen LogP contribution in [0.25, 0.3) is 0 Å². The molecule has 0 radical (unpaired) electrons. The lowest BCUT2D eigenvalue weighted by Crippen LogP contribution is -2.51. The smallest absolute Gasteiger partial charge is 0.410 e. The molecule has 1 rings (SSSR count). The standard InChI is InChI=1S/C14H25NO5/c1-14(2,3)20-13(18)15-8-6-5-7-10(15)11(16)9-12(17)19-4/h10-11,16H,5-9H2,1-4H3/t10-,11+/m1/s1. The van der Waals surface area contributed by atoms with Gasteiger partial charge >= 0.3 is 12.1 Å². The first kappa shape index (κ1) is 16.8. The molecule has 0 saturated carbocycles. The maximum Gasteiger partial charge on any atom is 0.410 e. The second kappa shape index (κ2) is 6.92. The number of carbonyl (C=O) groups excluding carboxylic acids is 2. The van der Waals surface area contributed by atoms with E-state index in [1.165, 1.54) is 12.0 Å². The Morgan fingerprint density at radius 2 is 2.00 bits per heavy atom. The molecular formula is C14H25NO5. The van der Waals surface area contributed by atoms with E-state index < -0.39 is 29.8 Å². The number of rotatable bonds is 3. The summed E-state index contributed by atoms with van der Waals surface area (Å²) in [5, 5.41) is 10.1. The molecule has 1 aliphatic heterocycles. The van der Waals surface area contributed by atoms with Crippen LogP contribution < -0.4 is 0 Å². The second-order valence-corrected chi connectivity index (χ2v) is 6.08. The molecule has 1 aliphatic rings. The molecule has 1 amide bonds. The van der Waals surface area contributed by atoms with Crippen LogP contribution in [-0.2, 0) is 14.3 Å². The lowest BCUT2D eigenvalue weighted by molar-refractivity contribution is -0.144. The van der Waals surface area contributed by atoms with Gasteiger partial charge in [0.1, 0.15) is 5.60 Å². The van der Waals surface area contributed by atoms with Crippen molar-refractivity contribution in [3.63, 3.8) is 0 Å². The summed E-state index contributed by atoms with van der Waals surface area (Å²) in [6, 6.07) is -0.391. The molecule has 6 heteroatoms. The molecule has 1 heterocycles. The molecule has 2 atom stereocenters. The molecular weight excluding hydrogens is 262 g/mol. The van der Waals surface area contributed by atoms with Crippen molar-refractivity contribution in [3.8, 4) is 0 Å². The average Bonchev–Trinajstić information content (AvgIpc) is 2.36. The minimum absolute atomic E-state index is 0.111. The predicted octanol–water partition coefficient (Wildman–Crippen LogP) is 1.70. The van der Waals surface area contributed by atoms with Gasteiger partial charge < -0.3 is 19.5 Å². The first-order valence-electron chi connectivity index (χ1n) is 6.99. The van der Waals surface area contributed by atoms with Crippen LogP contribution in [0.3, 0.4) is 0 Å². The molecule has 20 heavy (non-hydrogen) atoms. The highest BCUT2D eigenvalue weighted by molar-refractivity contribution is 5.71. The normalized spacial score (nSPS) is 21.2. The van der Waals surface area contributed by atoms with E-state index in [9.17, 15) is 14.7 Å². The Labute approximate surface area is 120 Å². The van der Waals surface area contributed by atoms with Gasteiger partial charge in [0, 0.05) is 6.54 Å². The molecule has 0 aromatic carbocycles. The molecule has 0 unspecified atom stereocenters. The molecule has 1 saturated heterocycles. The second-order valence-electron chi connectivity index (χ2n) is 6.08. The van der Waals surface area contributed by atoms with Gasteiger partial charge in [0.25, 0.3) is 0 Å². The number of hydrogen-bond acceptors (Lipinski definition) is 5. The van der Waals surface area contributed by atoms with Gasteiger partial charge in [-0.1, -0.05) is 0 Å². The van der Waals surface area contributed by atoms with Crippen molar-refractivity contribution in [1.29, 1.82) is 0 Å². The monoisotopic (exact) mass is 287 g/mol. The quantitative estimate of drug-likeness (QED) is 0.800. The molecule has 0 bridgehead atoms. The van der Waals surface area contributed by atoms with Crippen LogP contribution in [0.5, 0.6) is 0 Å². The van der Waals surface area contributed by atoms with Crippen LogP contribution in [0.15, 0.2) is 0 Å². The maximum absolute atomic E-state index is 12.2. The minimum Gasteiger partial charge on any atom is -0.469 e. The van der Waals surface area contributed by atoms with Crippen molar-refractivity contribution in [2.24, 2.45) is 0 Å². The summed E-state index contributed by atoms with van der Waals surface area (Å²) in [7, 11) is 1.28. The van der Waals surface area contributed by atoms with E-state index in [4.69, 9.17) is 4.74 Å². The summed E-state index contributed by atoms with van der Waals surface area (Å²) in [5.74, 6) is -0.479. The molecule has 0 aromatic heterocycles. The summed E-state index contributed by atoms with van der Waals surface area (Å²) in [6.45, 7) is 5.94. The number of nitrogens with zero attached hydrogens (tertiary/aromatic N) is 1. The Hall–Kier alpha value is -1.30. The summed E-state index contributed by atoms with van der Waals surface area (Å²) < 4.78 is 9.90. The van der Waals surface area contributed by atoms with Gasteiger partial charge in [0.2, 0.25) is 0 Å². The Morgan fingerprint density at radius 3 is 2.55 bits per heavy atom. The zero-order valence-corrected chi connectivity index (χ0v) is 12.7. The first-order chi connectivity index (χ1) is 9.24. The van der Waals surface area contributed by atoms with Gasteiger partial charge in [-0.25, -0.2) is 4.79 Å². The first-order valence-corrected chi connectivity index (χ1v) is 6.99. The topological polar surface area (TPSA) is 76.1 Å². The van der Waals surface area contributed by atoms with Crippen molar-refractivity contribution >= 4 is 12.1 Å². The van der Waals surface area contributed by atoms with Crippen LogP contribution >= 0.6 is 0 Å². The largest absolute Gasteiger partial charge is 0.469 e. The van der Waals surface area contributed by atoms with E-state index in [0.717, 1.165) is 12.8 Å². The fraction of sp³-hybridized carbons (Fsp3) is 0.857. The van der Waals surface area contributed by atoms with E-state index in [1.807, 2.05) is 0 Å². The number of carbonyl (C=O) groups is 2. The number of aliphatic hydroxyl groups excluding tert-OH is 1. The molecule has 0 aromatic rings. The lowest BCUT2D eigenvalue weighted by Gasteiger charge is -2.38. The van der Waals surface area contributed by atoms with Crippen LogP contribution in [0.4, 0.5) is 4.79 Å².